The molecule has 0 aliphatic heterocycles. The second-order valence-electron chi connectivity index (χ2n) is 3.85. The fourth-order valence-electron chi connectivity index (χ4n) is 1.52. The second kappa shape index (κ2) is 7.44. The molecule has 1 N–H and O–H groups in total. The first-order valence-electron chi connectivity index (χ1n) is 5.64. The van der Waals surface area contributed by atoms with E-state index >= 15 is 0 Å². The lowest BCUT2D eigenvalue weighted by atomic mass is 10.1. The van der Waals surface area contributed by atoms with Crippen LogP contribution in [0.2, 0.25) is 0 Å². The topological polar surface area (TPSA) is 29.1 Å². The first-order valence-corrected chi connectivity index (χ1v) is 6.76. The molecule has 0 heterocycles. The summed E-state index contributed by atoms with van der Waals surface area (Å²) < 4.78 is 0. The van der Waals surface area contributed by atoms with Crippen LogP contribution in [-0.4, -0.2) is 11.2 Å². The van der Waals surface area contributed by atoms with Gasteiger partial charge in [0.2, 0.25) is 5.91 Å². The van der Waals surface area contributed by atoms with Crippen LogP contribution in [0.15, 0.2) is 30.3 Å². The van der Waals surface area contributed by atoms with E-state index in [1.54, 1.807) is 0 Å². The van der Waals surface area contributed by atoms with Crippen molar-refractivity contribution in [3.8, 4) is 0 Å². The molecule has 1 aromatic carbocycles. The summed E-state index contributed by atoms with van der Waals surface area (Å²) in [4.78, 5) is 11.6. The van der Waals surface area contributed by atoms with Crippen LogP contribution in [0.3, 0.4) is 0 Å². The molecule has 0 spiro atoms. The van der Waals surface area contributed by atoms with Crippen molar-refractivity contribution in [2.24, 2.45) is 0 Å². The Hall–Kier alpha value is -0.830. The highest BCUT2D eigenvalue weighted by molar-refractivity contribution is 9.09. The summed E-state index contributed by atoms with van der Waals surface area (Å²) in [5, 5.41) is 3.97. The maximum atomic E-state index is 11.6. The van der Waals surface area contributed by atoms with E-state index in [0.717, 1.165) is 23.7 Å². The number of nitrogens with one attached hydrogen (secondary N) is 1. The van der Waals surface area contributed by atoms with E-state index in [1.165, 1.54) is 0 Å². The van der Waals surface area contributed by atoms with Crippen molar-refractivity contribution in [3.05, 3.63) is 35.9 Å². The summed E-state index contributed by atoms with van der Waals surface area (Å²) in [7, 11) is 0. The lowest BCUT2D eigenvalue weighted by Gasteiger charge is -2.14. The van der Waals surface area contributed by atoms with E-state index < -0.39 is 0 Å². The fraction of sp³-hybridized carbons (Fsp3) is 0.462. The Morgan fingerprint density at radius 2 is 2.00 bits per heavy atom. The third kappa shape index (κ3) is 4.79. The predicted molar refractivity (Wildman–Crippen MR) is 70.6 cm³/mol. The van der Waals surface area contributed by atoms with Gasteiger partial charge in [0.25, 0.3) is 0 Å². The van der Waals surface area contributed by atoms with Crippen LogP contribution in [-0.2, 0) is 4.79 Å². The molecule has 0 fully saturated rings. The third-order valence-corrected chi connectivity index (χ3v) is 3.03. The fourth-order valence-corrected chi connectivity index (χ4v) is 1.92. The van der Waals surface area contributed by atoms with Gasteiger partial charge in [0.05, 0.1) is 6.04 Å². The van der Waals surface area contributed by atoms with Crippen molar-refractivity contribution < 1.29 is 4.79 Å². The lowest BCUT2D eigenvalue weighted by Crippen LogP contribution is -2.26. The van der Waals surface area contributed by atoms with Gasteiger partial charge in [-0.3, -0.25) is 4.79 Å². The third-order valence-electron chi connectivity index (χ3n) is 2.46. The first kappa shape index (κ1) is 13.2. The van der Waals surface area contributed by atoms with Gasteiger partial charge in [-0.05, 0) is 25.3 Å². The number of halogens is 1. The Bertz CT molecular complexity index is 313. The quantitative estimate of drug-likeness (QED) is 0.629. The van der Waals surface area contributed by atoms with Crippen LogP contribution in [0, 0.1) is 0 Å². The zero-order valence-corrected chi connectivity index (χ0v) is 11.2. The molecule has 1 atom stereocenters. The minimum absolute atomic E-state index is 0.0951. The molecule has 0 radical (unpaired) electrons. The van der Waals surface area contributed by atoms with Gasteiger partial charge in [0, 0.05) is 11.8 Å². The van der Waals surface area contributed by atoms with Gasteiger partial charge in [0.15, 0.2) is 0 Å². The molecular formula is C13H18BrNO. The molecular weight excluding hydrogens is 266 g/mol. The summed E-state index contributed by atoms with van der Waals surface area (Å²) in [5.41, 5.74) is 1.15. The molecule has 0 unspecified atom stereocenters. The van der Waals surface area contributed by atoms with Crippen LogP contribution in [0.1, 0.15) is 37.8 Å². The van der Waals surface area contributed by atoms with Gasteiger partial charge in [0.1, 0.15) is 0 Å². The van der Waals surface area contributed by atoms with E-state index in [0.29, 0.717) is 6.42 Å². The molecule has 0 aliphatic carbocycles. The van der Waals surface area contributed by atoms with E-state index in [9.17, 15) is 4.79 Å². The summed E-state index contributed by atoms with van der Waals surface area (Å²) in [6.07, 6.45) is 2.61. The Morgan fingerprint density at radius 3 is 2.62 bits per heavy atom. The van der Waals surface area contributed by atoms with Gasteiger partial charge in [-0.2, -0.15) is 0 Å². The number of rotatable bonds is 6. The molecule has 3 heteroatoms. The van der Waals surface area contributed by atoms with Gasteiger partial charge in [-0.25, -0.2) is 0 Å². The number of carbonyl (C=O) groups excluding carboxylic acids is 1. The molecule has 0 saturated heterocycles. The number of benzene rings is 1. The molecule has 0 aromatic heterocycles. The smallest absolute Gasteiger partial charge is 0.220 e. The van der Waals surface area contributed by atoms with E-state index in [4.69, 9.17) is 0 Å². The molecule has 16 heavy (non-hydrogen) atoms. The number of carbonyl (C=O) groups is 1. The second-order valence-corrected chi connectivity index (χ2v) is 4.64. The standard InChI is InChI=1S/C13H18BrNO/c1-11(12-7-3-2-4-8-12)15-13(16)9-5-6-10-14/h2-4,7-8,11H,5-6,9-10H2,1H3,(H,15,16)/t11-/m0/s1. The van der Waals surface area contributed by atoms with Gasteiger partial charge >= 0.3 is 0 Å². The van der Waals surface area contributed by atoms with Crippen molar-refractivity contribution in [1.82, 2.24) is 5.32 Å². The summed E-state index contributed by atoms with van der Waals surface area (Å²) in [5.74, 6) is 0.136. The highest BCUT2D eigenvalue weighted by Crippen LogP contribution is 2.11. The molecule has 1 rings (SSSR count). The lowest BCUT2D eigenvalue weighted by molar-refractivity contribution is -0.121. The Kier molecular flexibility index (Phi) is 6.16. The maximum Gasteiger partial charge on any atom is 0.220 e. The van der Waals surface area contributed by atoms with Crippen molar-refractivity contribution in [1.29, 1.82) is 0 Å². The molecule has 0 saturated carbocycles. The monoisotopic (exact) mass is 283 g/mol. The molecule has 0 aliphatic rings. The van der Waals surface area contributed by atoms with Crippen LogP contribution >= 0.6 is 15.9 Å². The Balaban J connectivity index is 2.34. The summed E-state index contributed by atoms with van der Waals surface area (Å²) in [6.45, 7) is 2.01. The van der Waals surface area contributed by atoms with Gasteiger partial charge in [-0.15, -0.1) is 0 Å². The van der Waals surface area contributed by atoms with Crippen LogP contribution in [0.4, 0.5) is 0 Å². The number of hydrogen-bond donors (Lipinski definition) is 1. The van der Waals surface area contributed by atoms with Crippen molar-refractivity contribution in [2.75, 3.05) is 5.33 Å². The van der Waals surface area contributed by atoms with Crippen LogP contribution in [0.5, 0.6) is 0 Å². The number of unbranched alkanes of at least 4 members (excludes halogenated alkanes) is 1. The molecule has 1 amide bonds. The highest BCUT2D eigenvalue weighted by atomic mass is 79.9. The van der Waals surface area contributed by atoms with E-state index in [1.807, 2.05) is 37.3 Å². The SMILES string of the molecule is C[C@H](NC(=O)CCCCBr)c1ccccc1. The van der Waals surface area contributed by atoms with Crippen molar-refractivity contribution in [2.45, 2.75) is 32.2 Å². The number of amides is 1. The Morgan fingerprint density at radius 1 is 1.31 bits per heavy atom. The van der Waals surface area contributed by atoms with Crippen molar-refractivity contribution in [3.63, 3.8) is 0 Å². The van der Waals surface area contributed by atoms with Gasteiger partial charge < -0.3 is 5.32 Å². The predicted octanol–water partition coefficient (Wildman–Crippen LogP) is 3.43. The average molecular weight is 284 g/mol. The molecule has 0 bridgehead atoms. The number of alkyl halides is 1. The highest BCUT2D eigenvalue weighted by Gasteiger charge is 2.08. The average Bonchev–Trinajstić information content (AvgIpc) is 2.30. The Labute approximate surface area is 106 Å². The first-order chi connectivity index (χ1) is 7.74. The molecule has 1 aromatic rings. The molecule has 2 nitrogen and oxygen atoms in total. The van der Waals surface area contributed by atoms with Crippen LogP contribution in [0.25, 0.3) is 0 Å². The minimum Gasteiger partial charge on any atom is -0.350 e. The minimum atomic E-state index is 0.0951. The maximum absolute atomic E-state index is 11.6. The van der Waals surface area contributed by atoms with Crippen molar-refractivity contribution >= 4 is 21.8 Å². The van der Waals surface area contributed by atoms with E-state index in [2.05, 4.69) is 21.2 Å². The summed E-state index contributed by atoms with van der Waals surface area (Å²) in [6, 6.07) is 10.1. The van der Waals surface area contributed by atoms with Gasteiger partial charge in [-0.1, -0.05) is 46.3 Å². The largest absolute Gasteiger partial charge is 0.350 e. The molecule has 88 valence electrons. The zero-order valence-electron chi connectivity index (χ0n) is 9.58. The normalized spacial score (nSPS) is 12.1. The van der Waals surface area contributed by atoms with E-state index in [-0.39, 0.29) is 11.9 Å². The number of hydrogen-bond acceptors (Lipinski definition) is 1. The zero-order chi connectivity index (χ0) is 11.8. The summed E-state index contributed by atoms with van der Waals surface area (Å²) >= 11 is 3.36. The van der Waals surface area contributed by atoms with Crippen LogP contribution < -0.4 is 5.32 Å².